The van der Waals surface area contributed by atoms with Crippen molar-refractivity contribution >= 4 is 22.3 Å². The minimum Gasteiger partial charge on any atom is -0.393 e. The van der Waals surface area contributed by atoms with E-state index in [2.05, 4.69) is 39.9 Å². The Bertz CT molecular complexity index is 899. The molecular weight excluding hydrogens is 326 g/mol. The molecule has 26 heavy (non-hydrogen) atoms. The van der Waals surface area contributed by atoms with Gasteiger partial charge >= 0.3 is 0 Å². The number of rotatable bonds is 8. The van der Waals surface area contributed by atoms with Gasteiger partial charge in [0.2, 0.25) is 0 Å². The normalized spacial score (nSPS) is 12.3. The van der Waals surface area contributed by atoms with Gasteiger partial charge in [-0.25, -0.2) is 0 Å². The van der Waals surface area contributed by atoms with Crippen LogP contribution in [0.5, 0.6) is 0 Å². The number of hydrogen-bond acceptors (Lipinski definition) is 4. The summed E-state index contributed by atoms with van der Waals surface area (Å²) in [7, 11) is 0. The van der Waals surface area contributed by atoms with Gasteiger partial charge in [0, 0.05) is 29.3 Å². The molecular formula is C21H25N3O2. The van der Waals surface area contributed by atoms with Crippen molar-refractivity contribution in [3.05, 3.63) is 64.2 Å². The number of aliphatic hydroxyl groups is 1. The smallest absolute Gasteiger partial charge is 0.108 e. The average Bonchev–Trinajstić information content (AvgIpc) is 3.05. The first-order valence-corrected chi connectivity index (χ1v) is 9.02. The SMILES string of the molecule is Cc1cc(N=O)ccc1NCCc1c[nH]c2c(CCC(C)O)cccc12. The molecule has 0 saturated heterocycles. The molecule has 0 aliphatic heterocycles. The summed E-state index contributed by atoms with van der Waals surface area (Å²) < 4.78 is 0. The van der Waals surface area contributed by atoms with E-state index in [1.807, 2.05) is 19.9 Å². The maximum Gasteiger partial charge on any atom is 0.108 e. The monoisotopic (exact) mass is 351 g/mol. The Kier molecular flexibility index (Phi) is 5.68. The number of para-hydroxylation sites is 1. The Morgan fingerprint density at radius 2 is 2.04 bits per heavy atom. The number of nitrogens with zero attached hydrogens (tertiary/aromatic N) is 1. The molecule has 3 aromatic rings. The average molecular weight is 351 g/mol. The first kappa shape index (κ1) is 18.1. The van der Waals surface area contributed by atoms with Crippen LogP contribution in [0.1, 0.15) is 30.0 Å². The molecule has 136 valence electrons. The van der Waals surface area contributed by atoms with E-state index in [1.165, 1.54) is 22.0 Å². The Hall–Kier alpha value is -2.66. The maximum absolute atomic E-state index is 10.6. The molecule has 0 saturated carbocycles. The molecule has 3 rings (SSSR count). The second-order valence-electron chi connectivity index (χ2n) is 6.81. The van der Waals surface area contributed by atoms with Crippen LogP contribution in [-0.2, 0) is 12.8 Å². The van der Waals surface area contributed by atoms with E-state index in [4.69, 9.17) is 0 Å². The fourth-order valence-electron chi connectivity index (χ4n) is 3.29. The van der Waals surface area contributed by atoms with Crippen LogP contribution in [0.3, 0.4) is 0 Å². The number of nitrogens with one attached hydrogen (secondary N) is 2. The molecule has 0 aliphatic rings. The summed E-state index contributed by atoms with van der Waals surface area (Å²) in [6.45, 7) is 4.60. The molecule has 0 bridgehead atoms. The quantitative estimate of drug-likeness (QED) is 0.508. The number of aromatic amines is 1. The molecule has 0 aliphatic carbocycles. The zero-order valence-corrected chi connectivity index (χ0v) is 15.2. The molecule has 5 heteroatoms. The number of aryl methyl sites for hydroxylation is 2. The van der Waals surface area contributed by atoms with E-state index >= 15 is 0 Å². The van der Waals surface area contributed by atoms with Crippen molar-refractivity contribution in [2.45, 2.75) is 39.2 Å². The highest BCUT2D eigenvalue weighted by Gasteiger charge is 2.09. The van der Waals surface area contributed by atoms with Gasteiger partial charge in [-0.2, -0.15) is 0 Å². The van der Waals surface area contributed by atoms with Gasteiger partial charge in [0.1, 0.15) is 5.69 Å². The third kappa shape index (κ3) is 4.11. The fraction of sp³-hybridized carbons (Fsp3) is 0.333. The summed E-state index contributed by atoms with van der Waals surface area (Å²) in [6.07, 6.45) is 4.31. The summed E-state index contributed by atoms with van der Waals surface area (Å²) in [4.78, 5) is 14.0. The van der Waals surface area contributed by atoms with Crippen LogP contribution in [0, 0.1) is 11.8 Å². The number of benzene rings is 2. The van der Waals surface area contributed by atoms with Gasteiger partial charge in [0.15, 0.2) is 0 Å². The predicted molar refractivity (Wildman–Crippen MR) is 107 cm³/mol. The highest BCUT2D eigenvalue weighted by molar-refractivity contribution is 5.86. The molecule has 1 unspecified atom stereocenters. The van der Waals surface area contributed by atoms with Gasteiger partial charge in [-0.1, -0.05) is 18.2 Å². The van der Waals surface area contributed by atoms with Crippen LogP contribution < -0.4 is 5.32 Å². The van der Waals surface area contributed by atoms with Crippen molar-refractivity contribution in [1.29, 1.82) is 0 Å². The van der Waals surface area contributed by atoms with Crippen molar-refractivity contribution in [3.8, 4) is 0 Å². The van der Waals surface area contributed by atoms with Crippen molar-refractivity contribution in [1.82, 2.24) is 4.98 Å². The molecule has 2 aromatic carbocycles. The number of hydrogen-bond donors (Lipinski definition) is 3. The zero-order valence-electron chi connectivity index (χ0n) is 15.2. The van der Waals surface area contributed by atoms with Crippen LogP contribution in [0.15, 0.2) is 47.8 Å². The van der Waals surface area contributed by atoms with Crippen LogP contribution in [0.2, 0.25) is 0 Å². The van der Waals surface area contributed by atoms with Gasteiger partial charge < -0.3 is 15.4 Å². The second kappa shape index (κ2) is 8.15. The van der Waals surface area contributed by atoms with Gasteiger partial charge in [0.05, 0.1) is 6.10 Å². The third-order valence-electron chi connectivity index (χ3n) is 4.74. The summed E-state index contributed by atoms with van der Waals surface area (Å²) in [5, 5.41) is 17.2. The number of aromatic nitrogens is 1. The summed E-state index contributed by atoms with van der Waals surface area (Å²) in [6, 6.07) is 11.8. The standard InChI is InChI=1S/C21H25N3O2/c1-14-12-18(24-26)8-9-20(14)22-11-10-17-13-23-21-16(7-6-15(2)25)4-3-5-19(17)21/h3-5,8-9,12-13,15,22-23,25H,6-7,10-11H2,1-2H3. The molecule has 0 amide bonds. The molecule has 3 N–H and O–H groups in total. The largest absolute Gasteiger partial charge is 0.393 e. The number of aliphatic hydroxyl groups excluding tert-OH is 1. The minimum absolute atomic E-state index is 0.284. The molecule has 1 atom stereocenters. The first-order chi connectivity index (χ1) is 12.6. The lowest BCUT2D eigenvalue weighted by atomic mass is 10.0. The van der Waals surface area contributed by atoms with Crippen molar-refractivity contribution in [3.63, 3.8) is 0 Å². The molecule has 0 spiro atoms. The molecule has 5 nitrogen and oxygen atoms in total. The van der Waals surface area contributed by atoms with Crippen molar-refractivity contribution < 1.29 is 5.11 Å². The minimum atomic E-state index is -0.284. The lowest BCUT2D eigenvalue weighted by Crippen LogP contribution is -2.05. The number of fused-ring (bicyclic) bond motifs is 1. The third-order valence-corrected chi connectivity index (χ3v) is 4.74. The fourth-order valence-corrected chi connectivity index (χ4v) is 3.29. The number of H-pyrrole nitrogens is 1. The zero-order chi connectivity index (χ0) is 18.5. The van der Waals surface area contributed by atoms with Gasteiger partial charge in [-0.15, -0.1) is 4.91 Å². The van der Waals surface area contributed by atoms with Crippen LogP contribution in [0.25, 0.3) is 10.9 Å². The van der Waals surface area contributed by atoms with Gasteiger partial charge in [-0.3, -0.25) is 0 Å². The predicted octanol–water partition coefficient (Wildman–Crippen LogP) is 4.84. The van der Waals surface area contributed by atoms with E-state index in [1.54, 1.807) is 12.1 Å². The lowest BCUT2D eigenvalue weighted by Gasteiger charge is -2.09. The molecule has 0 fully saturated rings. The molecule has 0 radical (unpaired) electrons. The summed E-state index contributed by atoms with van der Waals surface area (Å²) in [5.74, 6) is 0. The molecule has 1 aromatic heterocycles. The Labute approximate surface area is 153 Å². The van der Waals surface area contributed by atoms with E-state index in [0.717, 1.165) is 37.1 Å². The Morgan fingerprint density at radius 3 is 2.77 bits per heavy atom. The summed E-state index contributed by atoms with van der Waals surface area (Å²) >= 11 is 0. The van der Waals surface area contributed by atoms with Gasteiger partial charge in [-0.05, 0) is 73.2 Å². The highest BCUT2D eigenvalue weighted by Crippen LogP contribution is 2.25. The number of nitroso groups, excluding NO2 is 1. The number of anilines is 1. The van der Waals surface area contributed by atoms with Crippen molar-refractivity contribution in [2.24, 2.45) is 5.18 Å². The van der Waals surface area contributed by atoms with E-state index in [-0.39, 0.29) is 6.10 Å². The highest BCUT2D eigenvalue weighted by atomic mass is 16.3. The van der Waals surface area contributed by atoms with Crippen molar-refractivity contribution in [2.75, 3.05) is 11.9 Å². The first-order valence-electron chi connectivity index (χ1n) is 9.02. The maximum atomic E-state index is 10.6. The Balaban J connectivity index is 1.68. The molecule has 1 heterocycles. The van der Waals surface area contributed by atoms with E-state index in [9.17, 15) is 10.0 Å². The van der Waals surface area contributed by atoms with Gasteiger partial charge in [0.25, 0.3) is 0 Å². The van der Waals surface area contributed by atoms with Crippen LogP contribution in [-0.4, -0.2) is 22.7 Å². The van der Waals surface area contributed by atoms with Crippen LogP contribution in [0.4, 0.5) is 11.4 Å². The Morgan fingerprint density at radius 1 is 1.19 bits per heavy atom. The lowest BCUT2D eigenvalue weighted by molar-refractivity contribution is 0.185. The van der Waals surface area contributed by atoms with Crippen LogP contribution >= 0.6 is 0 Å². The van der Waals surface area contributed by atoms with E-state index in [0.29, 0.717) is 5.69 Å². The summed E-state index contributed by atoms with van der Waals surface area (Å²) in [5.41, 5.74) is 6.18. The topological polar surface area (TPSA) is 77.5 Å². The van der Waals surface area contributed by atoms with E-state index < -0.39 is 0 Å². The second-order valence-corrected chi connectivity index (χ2v) is 6.81.